The number of aldehydes is 1. The van der Waals surface area contributed by atoms with Crippen LogP contribution >= 0.6 is 0 Å². The zero-order chi connectivity index (χ0) is 16.6. The lowest BCUT2D eigenvalue weighted by Crippen LogP contribution is -2.33. The third-order valence-corrected chi connectivity index (χ3v) is 4.67. The fourth-order valence-electron chi connectivity index (χ4n) is 3.35. The van der Waals surface area contributed by atoms with Gasteiger partial charge < -0.3 is 19.4 Å². The Balaban J connectivity index is 2.04. The minimum Gasteiger partial charge on any atom is -0.493 e. The first-order valence-electron chi connectivity index (χ1n) is 7.50. The molecule has 0 unspecified atom stereocenters. The summed E-state index contributed by atoms with van der Waals surface area (Å²) in [6.07, 6.45) is 2.14. The molecule has 0 spiro atoms. The van der Waals surface area contributed by atoms with E-state index in [1.165, 1.54) is 7.11 Å². The molecule has 0 bridgehead atoms. The highest BCUT2D eigenvalue weighted by atomic mass is 16.5. The second-order valence-electron chi connectivity index (χ2n) is 5.97. The van der Waals surface area contributed by atoms with Gasteiger partial charge in [-0.1, -0.05) is 6.07 Å². The van der Waals surface area contributed by atoms with Crippen LogP contribution in [0.4, 0.5) is 0 Å². The van der Waals surface area contributed by atoms with Gasteiger partial charge in [0.2, 0.25) is 0 Å². The number of carboxylic acids is 1. The average Bonchev–Trinajstić information content (AvgIpc) is 2.98. The Bertz CT molecular complexity index is 752. The molecule has 1 aliphatic carbocycles. The van der Waals surface area contributed by atoms with E-state index in [1.807, 2.05) is 0 Å². The molecule has 23 heavy (non-hydrogen) atoms. The maximum absolute atomic E-state index is 11.1. The van der Waals surface area contributed by atoms with Crippen LogP contribution in [0.5, 0.6) is 5.75 Å². The summed E-state index contributed by atoms with van der Waals surface area (Å²) < 4.78 is 10.7. The molecule has 1 aromatic heterocycles. The fraction of sp³-hybridized carbons (Fsp3) is 0.412. The number of aliphatic carboxylic acids is 1. The lowest BCUT2D eigenvalue weighted by atomic mass is 9.74. The van der Waals surface area contributed by atoms with Gasteiger partial charge in [-0.2, -0.15) is 0 Å². The third kappa shape index (κ3) is 2.59. The predicted molar refractivity (Wildman–Crippen MR) is 81.6 cm³/mol. The predicted octanol–water partition coefficient (Wildman–Crippen LogP) is 2.72. The van der Waals surface area contributed by atoms with Crippen molar-refractivity contribution in [2.45, 2.75) is 31.3 Å². The van der Waals surface area contributed by atoms with Crippen molar-refractivity contribution in [3.8, 4) is 5.75 Å². The number of hydrogen-bond acceptors (Lipinski definition) is 5. The molecule has 1 saturated carbocycles. The van der Waals surface area contributed by atoms with Crippen LogP contribution < -0.4 is 4.74 Å². The van der Waals surface area contributed by atoms with Gasteiger partial charge in [0.25, 0.3) is 0 Å². The van der Waals surface area contributed by atoms with Crippen molar-refractivity contribution < 1.29 is 29.0 Å². The molecular formula is C17H18O6. The van der Waals surface area contributed by atoms with Crippen LogP contribution in [0, 0.1) is 5.92 Å². The van der Waals surface area contributed by atoms with Crippen molar-refractivity contribution in [3.63, 3.8) is 0 Å². The lowest BCUT2D eigenvalue weighted by Gasteiger charge is -2.35. The number of carbonyl (C=O) groups excluding carboxylic acids is 1. The van der Waals surface area contributed by atoms with Gasteiger partial charge in [0, 0.05) is 5.39 Å². The van der Waals surface area contributed by atoms with E-state index in [2.05, 4.69) is 0 Å². The standard InChI is InChI=1S/C17H18O6/c1-22-14-3-2-13(12-8-11(9-18)23-15(12)14)17(21)6-4-10(5-7-17)16(19)20/h2-3,8-10,21H,4-7H2,1H3,(H,19,20). The van der Waals surface area contributed by atoms with Crippen molar-refractivity contribution in [1.29, 1.82) is 0 Å². The molecule has 6 heteroatoms. The van der Waals surface area contributed by atoms with Crippen molar-refractivity contribution in [2.75, 3.05) is 7.11 Å². The van der Waals surface area contributed by atoms with Crippen LogP contribution in [0.2, 0.25) is 0 Å². The Kier molecular flexibility index (Phi) is 3.85. The quantitative estimate of drug-likeness (QED) is 0.841. The number of carbonyl (C=O) groups is 2. The van der Waals surface area contributed by atoms with Crippen LogP contribution in [0.1, 0.15) is 41.8 Å². The number of aliphatic hydroxyl groups is 1. The SMILES string of the molecule is COc1ccc(C2(O)CCC(C(=O)O)CC2)c2cc(C=O)oc12. The molecule has 0 aliphatic heterocycles. The van der Waals surface area contributed by atoms with Crippen LogP contribution in [-0.4, -0.2) is 29.6 Å². The van der Waals surface area contributed by atoms with E-state index in [9.17, 15) is 14.7 Å². The molecule has 1 aliphatic rings. The minimum absolute atomic E-state index is 0.161. The second-order valence-corrected chi connectivity index (χ2v) is 5.97. The smallest absolute Gasteiger partial charge is 0.306 e. The number of fused-ring (bicyclic) bond motifs is 1. The largest absolute Gasteiger partial charge is 0.493 e. The lowest BCUT2D eigenvalue weighted by molar-refractivity contribution is -0.144. The molecule has 122 valence electrons. The van der Waals surface area contributed by atoms with Crippen LogP contribution in [0.15, 0.2) is 22.6 Å². The van der Waals surface area contributed by atoms with E-state index in [4.69, 9.17) is 14.3 Å². The van der Waals surface area contributed by atoms with Gasteiger partial charge >= 0.3 is 5.97 Å². The van der Waals surface area contributed by atoms with Gasteiger partial charge in [-0.25, -0.2) is 0 Å². The minimum atomic E-state index is -1.12. The average molecular weight is 318 g/mol. The highest BCUT2D eigenvalue weighted by Gasteiger charge is 2.38. The Labute approximate surface area is 132 Å². The molecule has 0 amide bonds. The molecule has 0 atom stereocenters. The summed E-state index contributed by atoms with van der Waals surface area (Å²) in [5.74, 6) is -0.592. The summed E-state index contributed by atoms with van der Waals surface area (Å²) in [6.45, 7) is 0. The van der Waals surface area contributed by atoms with Crippen LogP contribution in [0.25, 0.3) is 11.0 Å². The fourth-order valence-corrected chi connectivity index (χ4v) is 3.35. The van der Waals surface area contributed by atoms with Crippen molar-refractivity contribution in [1.82, 2.24) is 0 Å². The summed E-state index contributed by atoms with van der Waals surface area (Å²) >= 11 is 0. The van der Waals surface area contributed by atoms with Crippen LogP contribution in [-0.2, 0) is 10.4 Å². The summed E-state index contributed by atoms with van der Waals surface area (Å²) in [5.41, 5.74) is -0.0598. The number of furan rings is 1. The Morgan fingerprint density at radius 2 is 2.09 bits per heavy atom. The van der Waals surface area contributed by atoms with Crippen molar-refractivity contribution >= 4 is 23.2 Å². The molecule has 1 aromatic carbocycles. The molecule has 0 saturated heterocycles. The molecule has 3 rings (SSSR count). The normalized spacial score (nSPS) is 24.5. The Morgan fingerprint density at radius 1 is 1.39 bits per heavy atom. The molecule has 1 fully saturated rings. The number of rotatable bonds is 4. The van der Waals surface area contributed by atoms with Gasteiger partial charge in [0.15, 0.2) is 23.4 Å². The number of methoxy groups -OCH3 is 1. The van der Waals surface area contributed by atoms with E-state index < -0.39 is 17.5 Å². The molecule has 0 radical (unpaired) electrons. The van der Waals surface area contributed by atoms with E-state index >= 15 is 0 Å². The first-order chi connectivity index (χ1) is 11.0. The molecule has 1 heterocycles. The summed E-state index contributed by atoms with van der Waals surface area (Å²) in [5, 5.41) is 20.8. The summed E-state index contributed by atoms with van der Waals surface area (Å²) in [4.78, 5) is 22.1. The van der Waals surface area contributed by atoms with E-state index in [-0.39, 0.29) is 5.76 Å². The summed E-state index contributed by atoms with van der Waals surface area (Å²) in [7, 11) is 1.50. The zero-order valence-corrected chi connectivity index (χ0v) is 12.7. The highest BCUT2D eigenvalue weighted by molar-refractivity contribution is 5.91. The van der Waals surface area contributed by atoms with Crippen molar-refractivity contribution in [3.05, 3.63) is 29.5 Å². The maximum atomic E-state index is 11.1. The van der Waals surface area contributed by atoms with E-state index in [0.717, 1.165) is 0 Å². The second kappa shape index (κ2) is 5.70. The van der Waals surface area contributed by atoms with E-state index in [1.54, 1.807) is 18.2 Å². The van der Waals surface area contributed by atoms with Gasteiger partial charge in [-0.15, -0.1) is 0 Å². The zero-order valence-electron chi connectivity index (χ0n) is 12.7. The first kappa shape index (κ1) is 15.6. The number of ether oxygens (including phenoxy) is 1. The number of hydrogen-bond donors (Lipinski definition) is 2. The first-order valence-corrected chi connectivity index (χ1v) is 7.50. The van der Waals surface area contributed by atoms with Gasteiger partial charge in [-0.05, 0) is 43.4 Å². The van der Waals surface area contributed by atoms with Gasteiger partial charge in [0.1, 0.15) is 0 Å². The molecule has 2 N–H and O–H groups in total. The Hall–Kier alpha value is -2.34. The maximum Gasteiger partial charge on any atom is 0.306 e. The molecule has 6 nitrogen and oxygen atoms in total. The third-order valence-electron chi connectivity index (χ3n) is 4.67. The Morgan fingerprint density at radius 3 is 2.65 bits per heavy atom. The van der Waals surface area contributed by atoms with Crippen LogP contribution in [0.3, 0.4) is 0 Å². The highest BCUT2D eigenvalue weighted by Crippen LogP contribution is 2.44. The molecular weight excluding hydrogens is 300 g/mol. The number of benzene rings is 1. The van der Waals surface area contributed by atoms with Gasteiger partial charge in [-0.3, -0.25) is 9.59 Å². The number of carboxylic acid groups (broad SMARTS) is 1. The topological polar surface area (TPSA) is 97.0 Å². The van der Waals surface area contributed by atoms with E-state index in [0.29, 0.717) is 54.3 Å². The van der Waals surface area contributed by atoms with Gasteiger partial charge in [0.05, 0.1) is 18.6 Å². The monoisotopic (exact) mass is 318 g/mol. The summed E-state index contributed by atoms with van der Waals surface area (Å²) in [6, 6.07) is 5.03. The van der Waals surface area contributed by atoms with Crippen molar-refractivity contribution in [2.24, 2.45) is 5.92 Å². The molecule has 2 aromatic rings.